The van der Waals surface area contributed by atoms with Crippen molar-refractivity contribution in [1.29, 1.82) is 0 Å². The van der Waals surface area contributed by atoms with Crippen LogP contribution in [0.1, 0.15) is 21.6 Å². The zero-order chi connectivity index (χ0) is 13.1. The molecule has 2 aromatic rings. The van der Waals surface area contributed by atoms with E-state index in [1.807, 2.05) is 32.0 Å². The van der Waals surface area contributed by atoms with Gasteiger partial charge in [0.25, 0.3) is 5.91 Å². The molecule has 0 saturated heterocycles. The largest absolute Gasteiger partial charge is 0.322 e. The van der Waals surface area contributed by atoms with Crippen LogP contribution < -0.4 is 5.32 Å². The van der Waals surface area contributed by atoms with Crippen molar-refractivity contribution in [1.82, 2.24) is 4.98 Å². The maximum Gasteiger partial charge on any atom is 0.257 e. The van der Waals surface area contributed by atoms with E-state index in [1.165, 1.54) is 0 Å². The van der Waals surface area contributed by atoms with Crippen LogP contribution in [0.3, 0.4) is 0 Å². The van der Waals surface area contributed by atoms with Crippen molar-refractivity contribution < 1.29 is 4.79 Å². The highest BCUT2D eigenvalue weighted by molar-refractivity contribution is 9.10. The normalized spacial score (nSPS) is 10.2. The summed E-state index contributed by atoms with van der Waals surface area (Å²) in [5.41, 5.74) is 3.18. The Morgan fingerprint density at radius 3 is 2.72 bits per heavy atom. The third kappa shape index (κ3) is 2.96. The van der Waals surface area contributed by atoms with Crippen molar-refractivity contribution in [3.05, 3.63) is 57.8 Å². The van der Waals surface area contributed by atoms with Gasteiger partial charge in [-0.3, -0.25) is 9.78 Å². The Bertz CT molecular complexity index is 576. The lowest BCUT2D eigenvalue weighted by Crippen LogP contribution is -2.14. The zero-order valence-electron chi connectivity index (χ0n) is 10.2. The summed E-state index contributed by atoms with van der Waals surface area (Å²) in [6.07, 6.45) is 1.68. The molecule has 4 heteroatoms. The molecule has 18 heavy (non-hydrogen) atoms. The highest BCUT2D eigenvalue weighted by Gasteiger charge is 2.09. The summed E-state index contributed by atoms with van der Waals surface area (Å²) in [6.45, 7) is 3.80. The van der Waals surface area contributed by atoms with Crippen molar-refractivity contribution in [3.8, 4) is 0 Å². The molecule has 1 aromatic heterocycles. The first-order valence-electron chi connectivity index (χ1n) is 5.56. The number of benzene rings is 1. The van der Waals surface area contributed by atoms with Gasteiger partial charge in [-0.25, -0.2) is 0 Å². The van der Waals surface area contributed by atoms with E-state index < -0.39 is 0 Å². The van der Waals surface area contributed by atoms with E-state index in [-0.39, 0.29) is 5.91 Å². The maximum absolute atomic E-state index is 12.1. The Balaban J connectivity index is 2.24. The molecule has 1 heterocycles. The van der Waals surface area contributed by atoms with Gasteiger partial charge in [-0.1, -0.05) is 15.9 Å². The zero-order valence-corrected chi connectivity index (χ0v) is 11.8. The number of aromatic nitrogens is 1. The predicted octanol–water partition coefficient (Wildman–Crippen LogP) is 3.71. The number of carbonyl (C=O) groups is 1. The maximum atomic E-state index is 12.1. The minimum absolute atomic E-state index is 0.141. The third-order valence-corrected chi connectivity index (χ3v) is 3.01. The molecule has 92 valence electrons. The van der Waals surface area contributed by atoms with Crippen LogP contribution in [0, 0.1) is 13.8 Å². The Labute approximate surface area is 114 Å². The topological polar surface area (TPSA) is 42.0 Å². The van der Waals surface area contributed by atoms with Gasteiger partial charge in [0.1, 0.15) is 0 Å². The summed E-state index contributed by atoms with van der Waals surface area (Å²) in [7, 11) is 0. The molecule has 0 spiro atoms. The molecular formula is C14H13BrN2O. The fourth-order valence-electron chi connectivity index (χ4n) is 1.73. The van der Waals surface area contributed by atoms with Gasteiger partial charge in [-0.15, -0.1) is 0 Å². The minimum Gasteiger partial charge on any atom is -0.322 e. The van der Waals surface area contributed by atoms with E-state index in [4.69, 9.17) is 0 Å². The molecule has 1 amide bonds. The smallest absolute Gasteiger partial charge is 0.257 e. The van der Waals surface area contributed by atoms with Gasteiger partial charge < -0.3 is 5.32 Å². The molecule has 0 aliphatic heterocycles. The number of pyridine rings is 1. The molecule has 0 aliphatic carbocycles. The predicted molar refractivity (Wildman–Crippen MR) is 75.8 cm³/mol. The number of anilines is 1. The molecule has 0 fully saturated rings. The molecule has 3 nitrogen and oxygen atoms in total. The SMILES string of the molecule is Cc1cc(Br)cc(NC(=O)c2cccnc2C)c1. The molecule has 0 saturated carbocycles. The molecule has 0 unspecified atom stereocenters. The van der Waals surface area contributed by atoms with E-state index in [2.05, 4.69) is 26.2 Å². The fraction of sp³-hybridized carbons (Fsp3) is 0.143. The summed E-state index contributed by atoms with van der Waals surface area (Å²) in [6, 6.07) is 9.31. The number of nitrogens with one attached hydrogen (secondary N) is 1. The van der Waals surface area contributed by atoms with E-state index in [9.17, 15) is 4.79 Å². The second-order valence-electron chi connectivity index (χ2n) is 4.11. The number of rotatable bonds is 2. The summed E-state index contributed by atoms with van der Waals surface area (Å²) in [5, 5.41) is 2.87. The third-order valence-electron chi connectivity index (χ3n) is 2.55. The molecule has 1 aromatic carbocycles. The number of carbonyl (C=O) groups excluding carboxylic acids is 1. The van der Waals surface area contributed by atoms with Gasteiger partial charge in [0.2, 0.25) is 0 Å². The highest BCUT2D eigenvalue weighted by Crippen LogP contribution is 2.20. The average molecular weight is 305 g/mol. The number of hydrogen-bond donors (Lipinski definition) is 1. The quantitative estimate of drug-likeness (QED) is 0.919. The number of aryl methyl sites for hydroxylation is 2. The standard InChI is InChI=1S/C14H13BrN2O/c1-9-6-11(15)8-12(7-9)17-14(18)13-4-3-5-16-10(13)2/h3-8H,1-2H3,(H,17,18). The van der Waals surface area contributed by atoms with E-state index in [0.717, 1.165) is 21.4 Å². The van der Waals surface area contributed by atoms with Crippen LogP contribution >= 0.6 is 15.9 Å². The molecule has 0 atom stereocenters. The summed E-state index contributed by atoms with van der Waals surface area (Å²) in [4.78, 5) is 16.2. The number of nitrogens with zero attached hydrogens (tertiary/aromatic N) is 1. The first kappa shape index (κ1) is 12.8. The van der Waals surface area contributed by atoms with Crippen LogP contribution in [0.5, 0.6) is 0 Å². The lowest BCUT2D eigenvalue weighted by atomic mass is 10.1. The Kier molecular flexibility index (Phi) is 3.77. The first-order chi connectivity index (χ1) is 8.56. The van der Waals surface area contributed by atoms with Gasteiger partial charge >= 0.3 is 0 Å². The van der Waals surface area contributed by atoms with Gasteiger partial charge in [0.05, 0.1) is 5.56 Å². The van der Waals surface area contributed by atoms with E-state index >= 15 is 0 Å². The molecule has 2 rings (SSSR count). The summed E-state index contributed by atoms with van der Waals surface area (Å²) < 4.78 is 0.945. The Hall–Kier alpha value is -1.68. The van der Waals surface area contributed by atoms with Crippen molar-refractivity contribution >= 4 is 27.5 Å². The van der Waals surface area contributed by atoms with Crippen LogP contribution in [-0.4, -0.2) is 10.9 Å². The first-order valence-corrected chi connectivity index (χ1v) is 6.36. The molecule has 0 radical (unpaired) electrons. The van der Waals surface area contributed by atoms with Crippen molar-refractivity contribution in [2.75, 3.05) is 5.32 Å². The van der Waals surface area contributed by atoms with Gasteiger partial charge in [-0.2, -0.15) is 0 Å². The summed E-state index contributed by atoms with van der Waals surface area (Å²) >= 11 is 3.41. The Morgan fingerprint density at radius 2 is 2.06 bits per heavy atom. The van der Waals surface area contributed by atoms with Gasteiger partial charge in [0, 0.05) is 22.1 Å². The molecule has 0 bridgehead atoms. The lowest BCUT2D eigenvalue weighted by Gasteiger charge is -2.08. The highest BCUT2D eigenvalue weighted by atomic mass is 79.9. The number of amides is 1. The van der Waals surface area contributed by atoms with Crippen LogP contribution in [0.4, 0.5) is 5.69 Å². The van der Waals surface area contributed by atoms with Crippen LogP contribution in [-0.2, 0) is 0 Å². The minimum atomic E-state index is -0.141. The van der Waals surface area contributed by atoms with Crippen LogP contribution in [0.25, 0.3) is 0 Å². The average Bonchev–Trinajstić information content (AvgIpc) is 2.27. The second-order valence-corrected chi connectivity index (χ2v) is 5.02. The number of halogens is 1. The van der Waals surface area contributed by atoms with Gasteiger partial charge in [0.15, 0.2) is 0 Å². The second kappa shape index (κ2) is 5.31. The molecule has 0 aliphatic rings. The van der Waals surface area contributed by atoms with Crippen LogP contribution in [0.15, 0.2) is 41.0 Å². The fourth-order valence-corrected chi connectivity index (χ4v) is 2.34. The van der Waals surface area contributed by atoms with E-state index in [0.29, 0.717) is 5.56 Å². The van der Waals surface area contributed by atoms with Crippen molar-refractivity contribution in [2.24, 2.45) is 0 Å². The van der Waals surface area contributed by atoms with Crippen molar-refractivity contribution in [2.45, 2.75) is 13.8 Å². The monoisotopic (exact) mass is 304 g/mol. The molecular weight excluding hydrogens is 292 g/mol. The number of hydrogen-bond acceptors (Lipinski definition) is 2. The Morgan fingerprint density at radius 1 is 1.28 bits per heavy atom. The van der Waals surface area contributed by atoms with Crippen molar-refractivity contribution in [3.63, 3.8) is 0 Å². The van der Waals surface area contributed by atoms with E-state index in [1.54, 1.807) is 18.3 Å². The summed E-state index contributed by atoms with van der Waals surface area (Å²) in [5.74, 6) is -0.141. The molecule has 1 N–H and O–H groups in total. The lowest BCUT2D eigenvalue weighted by molar-refractivity contribution is 0.102. The van der Waals surface area contributed by atoms with Crippen LogP contribution in [0.2, 0.25) is 0 Å². The van der Waals surface area contributed by atoms with Gasteiger partial charge in [-0.05, 0) is 49.7 Å².